The van der Waals surface area contributed by atoms with E-state index in [4.69, 9.17) is 4.74 Å². The van der Waals surface area contributed by atoms with Crippen LogP contribution in [0.3, 0.4) is 0 Å². The molecule has 0 aliphatic heterocycles. The Kier molecular flexibility index (Phi) is 4.93. The molecular weight excluding hydrogens is 309 g/mol. The minimum absolute atomic E-state index is 0.181. The summed E-state index contributed by atoms with van der Waals surface area (Å²) in [5.41, 5.74) is 1.75. The Labute approximate surface area is 120 Å². The second kappa shape index (κ2) is 6.68. The fourth-order valence-corrected chi connectivity index (χ4v) is 2.17. The number of halogens is 2. The Morgan fingerprint density at radius 1 is 1.11 bits per heavy atom. The summed E-state index contributed by atoms with van der Waals surface area (Å²) in [6.07, 6.45) is 0. The van der Waals surface area contributed by atoms with Gasteiger partial charge in [-0.1, -0.05) is 34.1 Å². The van der Waals surface area contributed by atoms with Crippen molar-refractivity contribution in [2.45, 2.75) is 13.1 Å². The van der Waals surface area contributed by atoms with Crippen molar-refractivity contribution in [3.8, 4) is 5.75 Å². The average molecular weight is 324 g/mol. The molecule has 4 heteroatoms. The molecule has 0 saturated heterocycles. The van der Waals surface area contributed by atoms with Crippen LogP contribution in [0.2, 0.25) is 0 Å². The monoisotopic (exact) mass is 323 g/mol. The van der Waals surface area contributed by atoms with Crippen LogP contribution >= 0.6 is 15.9 Å². The summed E-state index contributed by atoms with van der Waals surface area (Å²) >= 11 is 3.49. The predicted octanol–water partition coefficient (Wildman–Crippen LogP) is 3.89. The zero-order valence-corrected chi connectivity index (χ0v) is 12.2. The van der Waals surface area contributed by atoms with Crippen molar-refractivity contribution >= 4 is 15.9 Å². The zero-order valence-electron chi connectivity index (χ0n) is 10.6. The second-order valence-electron chi connectivity index (χ2n) is 4.15. The highest BCUT2D eigenvalue weighted by Crippen LogP contribution is 2.22. The maximum atomic E-state index is 13.4. The van der Waals surface area contributed by atoms with Gasteiger partial charge in [0.1, 0.15) is 11.6 Å². The molecule has 100 valence electrons. The lowest BCUT2D eigenvalue weighted by atomic mass is 10.2. The Morgan fingerprint density at radius 2 is 1.84 bits per heavy atom. The van der Waals surface area contributed by atoms with Crippen LogP contribution in [0.4, 0.5) is 4.39 Å². The average Bonchev–Trinajstić information content (AvgIpc) is 2.43. The molecule has 0 unspecified atom stereocenters. The maximum absolute atomic E-state index is 13.4. The smallest absolute Gasteiger partial charge is 0.127 e. The van der Waals surface area contributed by atoms with E-state index in [-0.39, 0.29) is 5.82 Å². The first-order valence-corrected chi connectivity index (χ1v) is 6.76. The second-order valence-corrected chi connectivity index (χ2v) is 5.01. The topological polar surface area (TPSA) is 21.3 Å². The van der Waals surface area contributed by atoms with Gasteiger partial charge in [0.05, 0.1) is 7.11 Å². The molecule has 19 heavy (non-hydrogen) atoms. The van der Waals surface area contributed by atoms with E-state index in [1.807, 2.05) is 24.3 Å². The van der Waals surface area contributed by atoms with Gasteiger partial charge >= 0.3 is 0 Å². The standard InChI is InChI=1S/C15H15BrFNO/c1-19-13-6-7-14(16)12(8-13)10-18-9-11-4-2-3-5-15(11)17/h2-8,18H,9-10H2,1H3. The number of rotatable bonds is 5. The van der Waals surface area contributed by atoms with Crippen LogP contribution in [0.15, 0.2) is 46.9 Å². The largest absolute Gasteiger partial charge is 0.497 e. The summed E-state index contributed by atoms with van der Waals surface area (Å²) in [5, 5.41) is 3.23. The molecule has 1 N–H and O–H groups in total. The first kappa shape index (κ1) is 14.0. The minimum atomic E-state index is -0.181. The number of benzene rings is 2. The SMILES string of the molecule is COc1ccc(Br)c(CNCc2ccccc2F)c1. The predicted molar refractivity (Wildman–Crippen MR) is 77.6 cm³/mol. The molecule has 2 nitrogen and oxygen atoms in total. The van der Waals surface area contributed by atoms with Crippen molar-refractivity contribution in [3.05, 3.63) is 63.9 Å². The van der Waals surface area contributed by atoms with Crippen molar-refractivity contribution in [1.82, 2.24) is 5.32 Å². The Bertz CT molecular complexity index is 560. The third kappa shape index (κ3) is 3.78. The van der Waals surface area contributed by atoms with Gasteiger partial charge in [0.15, 0.2) is 0 Å². The summed E-state index contributed by atoms with van der Waals surface area (Å²) in [6, 6.07) is 12.6. The molecule has 0 spiro atoms. The molecule has 0 aliphatic carbocycles. The van der Waals surface area contributed by atoms with Crippen LogP contribution in [-0.2, 0) is 13.1 Å². The fourth-order valence-electron chi connectivity index (χ4n) is 1.79. The van der Waals surface area contributed by atoms with E-state index in [0.717, 1.165) is 15.8 Å². The number of ether oxygens (including phenoxy) is 1. The van der Waals surface area contributed by atoms with Crippen LogP contribution in [0, 0.1) is 5.82 Å². The molecule has 0 radical (unpaired) electrons. The van der Waals surface area contributed by atoms with E-state index in [1.165, 1.54) is 6.07 Å². The van der Waals surface area contributed by atoms with Gasteiger partial charge in [0, 0.05) is 23.1 Å². The minimum Gasteiger partial charge on any atom is -0.497 e. The highest BCUT2D eigenvalue weighted by molar-refractivity contribution is 9.10. The first-order valence-electron chi connectivity index (χ1n) is 5.97. The van der Waals surface area contributed by atoms with E-state index in [1.54, 1.807) is 19.2 Å². The summed E-state index contributed by atoms with van der Waals surface area (Å²) in [5.74, 6) is 0.630. The lowest BCUT2D eigenvalue weighted by Gasteiger charge is -2.09. The molecule has 2 aromatic carbocycles. The highest BCUT2D eigenvalue weighted by atomic mass is 79.9. The quantitative estimate of drug-likeness (QED) is 0.901. The van der Waals surface area contributed by atoms with Crippen molar-refractivity contribution in [2.75, 3.05) is 7.11 Å². The number of hydrogen-bond acceptors (Lipinski definition) is 2. The molecule has 2 aromatic rings. The lowest BCUT2D eigenvalue weighted by molar-refractivity contribution is 0.414. The van der Waals surface area contributed by atoms with Crippen molar-refractivity contribution < 1.29 is 9.13 Å². The molecular formula is C15H15BrFNO. The van der Waals surface area contributed by atoms with Crippen LogP contribution in [0.25, 0.3) is 0 Å². The molecule has 0 aromatic heterocycles. The molecule has 0 heterocycles. The van der Waals surface area contributed by atoms with E-state index >= 15 is 0 Å². The van der Waals surface area contributed by atoms with Gasteiger partial charge < -0.3 is 10.1 Å². The highest BCUT2D eigenvalue weighted by Gasteiger charge is 2.03. The van der Waals surface area contributed by atoms with Crippen molar-refractivity contribution in [3.63, 3.8) is 0 Å². The first-order chi connectivity index (χ1) is 9.20. The van der Waals surface area contributed by atoms with Gasteiger partial charge in [-0.25, -0.2) is 4.39 Å². The van der Waals surface area contributed by atoms with Crippen LogP contribution < -0.4 is 10.1 Å². The molecule has 0 bridgehead atoms. The zero-order chi connectivity index (χ0) is 13.7. The van der Waals surface area contributed by atoms with Gasteiger partial charge in [-0.15, -0.1) is 0 Å². The van der Waals surface area contributed by atoms with Crippen LogP contribution in [0.5, 0.6) is 5.75 Å². The van der Waals surface area contributed by atoms with Gasteiger partial charge in [0.25, 0.3) is 0 Å². The van der Waals surface area contributed by atoms with Crippen LogP contribution in [-0.4, -0.2) is 7.11 Å². The van der Waals surface area contributed by atoms with E-state index < -0.39 is 0 Å². The molecule has 0 saturated carbocycles. The molecule has 0 atom stereocenters. The van der Waals surface area contributed by atoms with Gasteiger partial charge in [-0.3, -0.25) is 0 Å². The Morgan fingerprint density at radius 3 is 2.58 bits per heavy atom. The normalized spacial score (nSPS) is 10.5. The van der Waals surface area contributed by atoms with E-state index in [2.05, 4.69) is 21.2 Å². The van der Waals surface area contributed by atoms with Crippen molar-refractivity contribution in [1.29, 1.82) is 0 Å². The number of methoxy groups -OCH3 is 1. The van der Waals surface area contributed by atoms with Gasteiger partial charge in [-0.05, 0) is 29.8 Å². The van der Waals surface area contributed by atoms with Gasteiger partial charge in [0.2, 0.25) is 0 Å². The Hall–Kier alpha value is -1.39. The maximum Gasteiger partial charge on any atom is 0.127 e. The molecule has 0 aliphatic rings. The Balaban J connectivity index is 1.98. The van der Waals surface area contributed by atoms with Crippen molar-refractivity contribution in [2.24, 2.45) is 0 Å². The molecule has 2 rings (SSSR count). The summed E-state index contributed by atoms with van der Waals surface area (Å²) in [7, 11) is 1.64. The molecule has 0 fully saturated rings. The van der Waals surface area contributed by atoms with E-state index in [0.29, 0.717) is 18.7 Å². The summed E-state index contributed by atoms with van der Waals surface area (Å²) in [6.45, 7) is 1.14. The third-order valence-corrected chi connectivity index (χ3v) is 3.62. The van der Waals surface area contributed by atoms with E-state index in [9.17, 15) is 4.39 Å². The lowest BCUT2D eigenvalue weighted by Crippen LogP contribution is -2.14. The fraction of sp³-hybridized carbons (Fsp3) is 0.200. The summed E-state index contributed by atoms with van der Waals surface area (Å²) < 4.78 is 19.6. The number of hydrogen-bond donors (Lipinski definition) is 1. The molecule has 0 amide bonds. The number of nitrogens with one attached hydrogen (secondary N) is 1. The third-order valence-electron chi connectivity index (χ3n) is 2.84. The summed E-state index contributed by atoms with van der Waals surface area (Å²) in [4.78, 5) is 0. The van der Waals surface area contributed by atoms with Gasteiger partial charge in [-0.2, -0.15) is 0 Å². The van der Waals surface area contributed by atoms with Crippen LogP contribution in [0.1, 0.15) is 11.1 Å².